The summed E-state index contributed by atoms with van der Waals surface area (Å²) in [5, 5.41) is 3.21. The van der Waals surface area contributed by atoms with Crippen molar-refractivity contribution in [3.05, 3.63) is 5.82 Å². The average molecular weight is 210 g/mol. The highest BCUT2D eigenvalue weighted by Gasteiger charge is 2.14. The smallest absolute Gasteiger partial charge is 0.168 e. The van der Waals surface area contributed by atoms with Crippen molar-refractivity contribution in [2.75, 3.05) is 24.2 Å². The number of nitrogens with two attached hydrogens (primary N) is 1. The lowest BCUT2D eigenvalue weighted by Crippen LogP contribution is -2.27. The Morgan fingerprint density at radius 2 is 2.47 bits per heavy atom. The second-order valence-corrected chi connectivity index (χ2v) is 3.95. The summed E-state index contributed by atoms with van der Waals surface area (Å²) in [6.45, 7) is 3.55. The highest BCUT2D eigenvalue weighted by atomic mass is 16.5. The molecule has 2 heterocycles. The number of nitrogens with one attached hydrogen (secondary N) is 2. The van der Waals surface area contributed by atoms with Gasteiger partial charge in [-0.2, -0.15) is 0 Å². The van der Waals surface area contributed by atoms with Gasteiger partial charge in [-0.3, -0.25) is 0 Å². The van der Waals surface area contributed by atoms with Crippen LogP contribution in [0.4, 0.5) is 11.6 Å². The van der Waals surface area contributed by atoms with Crippen LogP contribution in [0.5, 0.6) is 0 Å². The van der Waals surface area contributed by atoms with Crippen LogP contribution in [0.2, 0.25) is 0 Å². The number of hydrogen-bond acceptors (Lipinski definition) is 4. The molecular weight excluding hydrogens is 192 g/mol. The zero-order chi connectivity index (χ0) is 10.7. The molecule has 84 valence electrons. The van der Waals surface area contributed by atoms with Crippen LogP contribution in [0.15, 0.2) is 0 Å². The fourth-order valence-corrected chi connectivity index (χ4v) is 1.82. The SMILES string of the molecule is Cc1nc(NCC2CCCCO2)c(N)[nH]1. The zero-order valence-corrected chi connectivity index (χ0v) is 9.05. The summed E-state index contributed by atoms with van der Waals surface area (Å²) in [5.74, 6) is 2.17. The molecule has 0 bridgehead atoms. The summed E-state index contributed by atoms with van der Waals surface area (Å²) in [5.41, 5.74) is 5.74. The van der Waals surface area contributed by atoms with E-state index in [0.717, 1.165) is 31.2 Å². The number of nitrogens with zero attached hydrogens (tertiary/aromatic N) is 1. The predicted octanol–water partition coefficient (Wildman–Crippen LogP) is 1.28. The van der Waals surface area contributed by atoms with Crippen molar-refractivity contribution in [2.45, 2.75) is 32.3 Å². The van der Waals surface area contributed by atoms with Gasteiger partial charge in [0.1, 0.15) is 11.6 Å². The molecule has 0 aromatic carbocycles. The van der Waals surface area contributed by atoms with Crippen molar-refractivity contribution in [1.82, 2.24) is 9.97 Å². The molecule has 15 heavy (non-hydrogen) atoms. The fourth-order valence-electron chi connectivity index (χ4n) is 1.82. The molecule has 1 saturated heterocycles. The number of anilines is 2. The third kappa shape index (κ3) is 2.62. The van der Waals surface area contributed by atoms with Crippen LogP contribution in [0.3, 0.4) is 0 Å². The Labute approximate surface area is 89.4 Å². The molecule has 1 aromatic heterocycles. The Morgan fingerprint density at radius 3 is 3.07 bits per heavy atom. The number of aryl methyl sites for hydroxylation is 1. The van der Waals surface area contributed by atoms with Gasteiger partial charge in [0.15, 0.2) is 5.82 Å². The Balaban J connectivity index is 1.84. The van der Waals surface area contributed by atoms with Crippen molar-refractivity contribution in [1.29, 1.82) is 0 Å². The van der Waals surface area contributed by atoms with E-state index in [2.05, 4.69) is 15.3 Å². The fraction of sp³-hybridized carbons (Fsp3) is 0.700. The Kier molecular flexibility index (Phi) is 3.11. The third-order valence-electron chi connectivity index (χ3n) is 2.62. The number of hydrogen-bond donors (Lipinski definition) is 3. The molecule has 0 radical (unpaired) electrons. The van der Waals surface area contributed by atoms with E-state index >= 15 is 0 Å². The van der Waals surface area contributed by atoms with Gasteiger partial charge in [-0.15, -0.1) is 0 Å². The Morgan fingerprint density at radius 1 is 1.60 bits per heavy atom. The van der Waals surface area contributed by atoms with Crippen LogP contribution in [-0.4, -0.2) is 29.2 Å². The van der Waals surface area contributed by atoms with E-state index in [4.69, 9.17) is 10.5 Å². The number of aromatic nitrogens is 2. The molecule has 1 unspecified atom stereocenters. The van der Waals surface area contributed by atoms with Gasteiger partial charge in [0.25, 0.3) is 0 Å². The van der Waals surface area contributed by atoms with Crippen molar-refractivity contribution >= 4 is 11.6 Å². The van der Waals surface area contributed by atoms with Crippen molar-refractivity contribution in [3.8, 4) is 0 Å². The first-order valence-corrected chi connectivity index (χ1v) is 5.43. The minimum Gasteiger partial charge on any atom is -0.382 e. The molecule has 1 fully saturated rings. The lowest BCUT2D eigenvalue weighted by atomic mass is 10.1. The predicted molar refractivity (Wildman–Crippen MR) is 59.8 cm³/mol. The quantitative estimate of drug-likeness (QED) is 0.702. The lowest BCUT2D eigenvalue weighted by molar-refractivity contribution is 0.0247. The van der Waals surface area contributed by atoms with E-state index < -0.39 is 0 Å². The molecule has 0 amide bonds. The van der Waals surface area contributed by atoms with Crippen molar-refractivity contribution in [2.24, 2.45) is 0 Å². The minimum absolute atomic E-state index is 0.301. The molecule has 0 aliphatic carbocycles. The molecule has 0 saturated carbocycles. The summed E-state index contributed by atoms with van der Waals surface area (Å²) in [6.07, 6.45) is 3.85. The molecule has 4 N–H and O–H groups in total. The number of rotatable bonds is 3. The summed E-state index contributed by atoms with van der Waals surface area (Å²) in [6, 6.07) is 0. The van der Waals surface area contributed by atoms with E-state index in [1.54, 1.807) is 0 Å². The largest absolute Gasteiger partial charge is 0.382 e. The van der Waals surface area contributed by atoms with Crippen LogP contribution in [0.25, 0.3) is 0 Å². The maximum Gasteiger partial charge on any atom is 0.168 e. The van der Waals surface area contributed by atoms with Crippen LogP contribution in [0.1, 0.15) is 25.1 Å². The van der Waals surface area contributed by atoms with Gasteiger partial charge in [0.05, 0.1) is 6.10 Å². The number of aromatic amines is 1. The molecule has 0 spiro atoms. The number of ether oxygens (including phenoxy) is 1. The first kappa shape index (κ1) is 10.3. The van der Waals surface area contributed by atoms with Gasteiger partial charge >= 0.3 is 0 Å². The topological polar surface area (TPSA) is 76.0 Å². The number of nitrogen functional groups attached to an aromatic ring is 1. The van der Waals surface area contributed by atoms with Crippen molar-refractivity contribution < 1.29 is 4.74 Å². The van der Waals surface area contributed by atoms with Crippen LogP contribution in [0, 0.1) is 6.92 Å². The zero-order valence-electron chi connectivity index (χ0n) is 9.05. The number of H-pyrrole nitrogens is 1. The highest BCUT2D eigenvalue weighted by molar-refractivity contribution is 5.56. The average Bonchev–Trinajstić information content (AvgIpc) is 2.56. The summed E-state index contributed by atoms with van der Waals surface area (Å²) in [7, 11) is 0. The Hall–Kier alpha value is -1.23. The second-order valence-electron chi connectivity index (χ2n) is 3.95. The monoisotopic (exact) mass is 210 g/mol. The highest BCUT2D eigenvalue weighted by Crippen LogP contribution is 2.16. The van der Waals surface area contributed by atoms with Crippen LogP contribution in [-0.2, 0) is 4.74 Å². The second kappa shape index (κ2) is 4.53. The van der Waals surface area contributed by atoms with Gasteiger partial charge in [0, 0.05) is 13.2 Å². The van der Waals surface area contributed by atoms with Gasteiger partial charge in [-0.05, 0) is 26.2 Å². The van der Waals surface area contributed by atoms with E-state index in [1.807, 2.05) is 6.92 Å². The lowest BCUT2D eigenvalue weighted by Gasteiger charge is -2.22. The van der Waals surface area contributed by atoms with Gasteiger partial charge in [-0.25, -0.2) is 4.98 Å². The molecular formula is C10H18N4O. The van der Waals surface area contributed by atoms with Gasteiger partial charge in [-0.1, -0.05) is 0 Å². The molecule has 1 aromatic rings. The molecule has 5 nitrogen and oxygen atoms in total. The summed E-state index contributed by atoms with van der Waals surface area (Å²) < 4.78 is 5.61. The summed E-state index contributed by atoms with van der Waals surface area (Å²) in [4.78, 5) is 7.21. The first-order chi connectivity index (χ1) is 7.25. The first-order valence-electron chi connectivity index (χ1n) is 5.43. The van der Waals surface area contributed by atoms with Gasteiger partial charge < -0.3 is 20.8 Å². The molecule has 2 rings (SSSR count). The van der Waals surface area contributed by atoms with E-state index in [9.17, 15) is 0 Å². The normalized spacial score (nSPS) is 21.5. The van der Waals surface area contributed by atoms with Gasteiger partial charge in [0.2, 0.25) is 0 Å². The molecule has 1 aliphatic rings. The standard InChI is InChI=1S/C10H18N4O/c1-7-13-9(11)10(14-7)12-6-8-4-2-3-5-15-8/h8,12H,2-6,11H2,1H3,(H,13,14). The van der Waals surface area contributed by atoms with E-state index in [-0.39, 0.29) is 0 Å². The third-order valence-corrected chi connectivity index (χ3v) is 2.62. The van der Waals surface area contributed by atoms with Crippen LogP contribution < -0.4 is 11.1 Å². The molecule has 5 heteroatoms. The van der Waals surface area contributed by atoms with E-state index in [0.29, 0.717) is 11.9 Å². The van der Waals surface area contributed by atoms with E-state index in [1.165, 1.54) is 12.8 Å². The molecule has 1 atom stereocenters. The van der Waals surface area contributed by atoms with Crippen LogP contribution >= 0.6 is 0 Å². The van der Waals surface area contributed by atoms with Crippen molar-refractivity contribution in [3.63, 3.8) is 0 Å². The number of imidazole rings is 1. The maximum absolute atomic E-state index is 5.74. The summed E-state index contributed by atoms with van der Waals surface area (Å²) >= 11 is 0. The molecule has 1 aliphatic heterocycles. The Bertz CT molecular complexity index is 317. The minimum atomic E-state index is 0.301. The maximum atomic E-state index is 5.74.